The lowest BCUT2D eigenvalue weighted by molar-refractivity contribution is 0.282. The van der Waals surface area contributed by atoms with E-state index in [-0.39, 0.29) is 11.8 Å². The minimum Gasteiger partial charge on any atom is -0.392 e. The summed E-state index contributed by atoms with van der Waals surface area (Å²) in [6.07, 6.45) is 0. The fraction of sp³-hybridized carbons (Fsp3) is 0.250. The van der Waals surface area contributed by atoms with Gasteiger partial charge in [-0.2, -0.15) is 0 Å². The number of aliphatic hydroxyl groups is 1. The van der Waals surface area contributed by atoms with Crippen LogP contribution in [0.25, 0.3) is 11.1 Å². The maximum Gasteiger partial charge on any atom is 0.0681 e. The molecule has 0 saturated heterocycles. The smallest absolute Gasteiger partial charge is 0.0681 e. The normalized spacial score (nSPS) is 11.6. The molecule has 0 aliphatic rings. The summed E-state index contributed by atoms with van der Waals surface area (Å²) in [5, 5.41) is 9.13. The second-order valence-electron chi connectivity index (χ2n) is 5.15. The minimum absolute atomic E-state index is 0.0977. The first-order valence-electron chi connectivity index (χ1n) is 6.10. The molecule has 0 aromatic heterocycles. The van der Waals surface area contributed by atoms with E-state index >= 15 is 0 Å². The summed E-state index contributed by atoms with van der Waals surface area (Å²) in [6, 6.07) is 16.7. The van der Waals surface area contributed by atoms with E-state index in [2.05, 4.69) is 47.4 Å². The Labute approximate surface area is 111 Å². The lowest BCUT2D eigenvalue weighted by Gasteiger charge is -2.19. The van der Waals surface area contributed by atoms with E-state index in [1.807, 2.05) is 24.3 Å². The van der Waals surface area contributed by atoms with E-state index in [9.17, 15) is 0 Å². The highest BCUT2D eigenvalue weighted by Gasteiger charge is 2.13. The Morgan fingerprint density at radius 1 is 0.889 bits per heavy atom. The van der Waals surface area contributed by atoms with E-state index in [0.29, 0.717) is 0 Å². The molecular formula is C16H19OP. The maximum absolute atomic E-state index is 9.02. The van der Waals surface area contributed by atoms with Crippen LogP contribution < -0.4 is 0 Å². The first-order valence-corrected chi connectivity index (χ1v) is 6.68. The average molecular weight is 258 g/mol. The molecule has 2 rings (SSSR count). The van der Waals surface area contributed by atoms with E-state index in [1.54, 1.807) is 0 Å². The monoisotopic (exact) mass is 258 g/mol. The van der Waals surface area contributed by atoms with Crippen molar-refractivity contribution in [3.8, 4) is 11.1 Å². The van der Waals surface area contributed by atoms with Gasteiger partial charge in [-0.3, -0.25) is 0 Å². The van der Waals surface area contributed by atoms with Gasteiger partial charge in [0.1, 0.15) is 0 Å². The Kier molecular flexibility index (Phi) is 3.85. The molecule has 1 nitrogen and oxygen atoms in total. The zero-order chi connectivity index (χ0) is 13.2. The predicted octanol–water partition coefficient (Wildman–Crippen LogP) is 3.96. The highest BCUT2D eigenvalue weighted by molar-refractivity contribution is 7.18. The quantitative estimate of drug-likeness (QED) is 0.826. The molecule has 0 heterocycles. The van der Waals surface area contributed by atoms with Gasteiger partial charge < -0.3 is 5.11 Å². The van der Waals surface area contributed by atoms with Crippen LogP contribution in [-0.4, -0.2) is 5.11 Å². The third kappa shape index (κ3) is 2.98. The minimum atomic E-state index is 0.0977. The molecule has 1 N–H and O–H groups in total. The largest absolute Gasteiger partial charge is 0.392 e. The number of hydrogen-bond acceptors (Lipinski definition) is 1. The highest BCUT2D eigenvalue weighted by Crippen LogP contribution is 2.31. The van der Waals surface area contributed by atoms with Gasteiger partial charge in [-0.25, -0.2) is 0 Å². The lowest BCUT2D eigenvalue weighted by atomic mass is 9.97. The zero-order valence-electron chi connectivity index (χ0n) is 10.9. The Balaban J connectivity index is 2.28. The summed E-state index contributed by atoms with van der Waals surface area (Å²) in [5.41, 5.74) is 4.64. The molecule has 18 heavy (non-hydrogen) atoms. The van der Waals surface area contributed by atoms with Gasteiger partial charge in [0.15, 0.2) is 0 Å². The van der Waals surface area contributed by atoms with Crippen molar-refractivity contribution in [2.45, 2.75) is 25.6 Å². The zero-order valence-corrected chi connectivity index (χ0v) is 12.0. The molecule has 0 radical (unpaired) electrons. The molecule has 94 valence electrons. The number of benzene rings is 2. The fourth-order valence-electron chi connectivity index (χ4n) is 1.89. The van der Waals surface area contributed by atoms with Crippen LogP contribution >= 0.6 is 9.24 Å². The molecule has 2 aromatic carbocycles. The summed E-state index contributed by atoms with van der Waals surface area (Å²) in [5.74, 6) is 0. The first-order chi connectivity index (χ1) is 8.50. The molecule has 0 fully saturated rings. The maximum atomic E-state index is 9.02. The van der Waals surface area contributed by atoms with Gasteiger partial charge in [0.05, 0.1) is 6.61 Å². The molecule has 1 unspecified atom stereocenters. The van der Waals surface area contributed by atoms with Crippen LogP contribution in [0.15, 0.2) is 48.5 Å². The van der Waals surface area contributed by atoms with Crippen LogP contribution in [0.4, 0.5) is 0 Å². The summed E-state index contributed by atoms with van der Waals surface area (Å²) in [7, 11) is 2.86. The van der Waals surface area contributed by atoms with Crippen molar-refractivity contribution in [1.29, 1.82) is 0 Å². The topological polar surface area (TPSA) is 20.2 Å². The van der Waals surface area contributed by atoms with Crippen molar-refractivity contribution in [2.24, 2.45) is 0 Å². The van der Waals surface area contributed by atoms with Gasteiger partial charge in [0, 0.05) is 5.16 Å². The van der Waals surface area contributed by atoms with Crippen molar-refractivity contribution in [1.82, 2.24) is 0 Å². The van der Waals surface area contributed by atoms with Gasteiger partial charge in [-0.1, -0.05) is 62.4 Å². The predicted molar refractivity (Wildman–Crippen MR) is 80.5 cm³/mol. The van der Waals surface area contributed by atoms with Gasteiger partial charge in [-0.05, 0) is 22.3 Å². The number of rotatable bonds is 3. The Hall–Kier alpha value is -1.17. The standard InChI is InChI=1S/C16H19OP/c1-16(2,18)15-9-7-14(8-10-15)13-5-3-12(11-17)4-6-13/h3-10,17H,11,18H2,1-2H3. The van der Waals surface area contributed by atoms with E-state index in [1.165, 1.54) is 16.7 Å². The second kappa shape index (κ2) is 5.22. The molecule has 0 spiro atoms. The average Bonchev–Trinajstić information content (AvgIpc) is 2.38. The van der Waals surface area contributed by atoms with Crippen molar-refractivity contribution in [3.63, 3.8) is 0 Å². The molecule has 0 aliphatic heterocycles. The third-order valence-electron chi connectivity index (χ3n) is 3.10. The molecule has 1 atom stereocenters. The second-order valence-corrected chi connectivity index (χ2v) is 6.60. The lowest BCUT2D eigenvalue weighted by Crippen LogP contribution is -2.05. The highest BCUT2D eigenvalue weighted by atomic mass is 31.0. The van der Waals surface area contributed by atoms with Crippen LogP contribution in [0.5, 0.6) is 0 Å². The SMILES string of the molecule is CC(C)(P)c1ccc(-c2ccc(CO)cc2)cc1. The first kappa shape index (κ1) is 13.3. The van der Waals surface area contributed by atoms with E-state index in [0.717, 1.165) is 5.56 Å². The van der Waals surface area contributed by atoms with Crippen LogP contribution in [0.2, 0.25) is 0 Å². The number of hydrogen-bond donors (Lipinski definition) is 1. The Bertz CT molecular complexity index is 506. The molecule has 0 bridgehead atoms. The summed E-state index contributed by atoms with van der Waals surface area (Å²) < 4.78 is 0. The van der Waals surface area contributed by atoms with Gasteiger partial charge in [-0.15, -0.1) is 9.24 Å². The molecule has 0 saturated carbocycles. The summed E-state index contributed by atoms with van der Waals surface area (Å²) >= 11 is 0. The van der Waals surface area contributed by atoms with Crippen molar-refractivity contribution in [2.75, 3.05) is 0 Å². The Morgan fingerprint density at radius 2 is 1.33 bits per heavy atom. The van der Waals surface area contributed by atoms with Crippen LogP contribution in [0, 0.1) is 0 Å². The number of aliphatic hydroxyl groups excluding tert-OH is 1. The van der Waals surface area contributed by atoms with E-state index < -0.39 is 0 Å². The van der Waals surface area contributed by atoms with Crippen LogP contribution in [0.1, 0.15) is 25.0 Å². The van der Waals surface area contributed by atoms with Gasteiger partial charge in [0.25, 0.3) is 0 Å². The summed E-state index contributed by atoms with van der Waals surface area (Å²) in [4.78, 5) is 0. The molecule has 2 aromatic rings. The Morgan fingerprint density at radius 3 is 1.72 bits per heavy atom. The van der Waals surface area contributed by atoms with Crippen molar-refractivity contribution >= 4 is 9.24 Å². The van der Waals surface area contributed by atoms with Crippen molar-refractivity contribution in [3.05, 3.63) is 59.7 Å². The molecule has 0 aliphatic carbocycles. The summed E-state index contributed by atoms with van der Waals surface area (Å²) in [6.45, 7) is 4.46. The van der Waals surface area contributed by atoms with Gasteiger partial charge in [0.2, 0.25) is 0 Å². The third-order valence-corrected chi connectivity index (χ3v) is 3.43. The molecular weight excluding hydrogens is 239 g/mol. The molecule has 2 heteroatoms. The van der Waals surface area contributed by atoms with Gasteiger partial charge >= 0.3 is 0 Å². The van der Waals surface area contributed by atoms with E-state index in [4.69, 9.17) is 5.11 Å². The molecule has 0 amide bonds. The van der Waals surface area contributed by atoms with Crippen LogP contribution in [-0.2, 0) is 11.8 Å². The van der Waals surface area contributed by atoms with Crippen LogP contribution in [0.3, 0.4) is 0 Å². The van der Waals surface area contributed by atoms with Crippen molar-refractivity contribution < 1.29 is 5.11 Å². The fourth-order valence-corrected chi connectivity index (χ4v) is 2.09.